The Morgan fingerprint density at radius 1 is 0.875 bits per heavy atom. The van der Waals surface area contributed by atoms with Crippen molar-refractivity contribution in [3.8, 4) is 0 Å². The van der Waals surface area contributed by atoms with Gasteiger partial charge < -0.3 is 4.98 Å². The summed E-state index contributed by atoms with van der Waals surface area (Å²) in [5, 5.41) is 0. The number of nitrogens with zero attached hydrogens (tertiary/aromatic N) is 2. The van der Waals surface area contributed by atoms with Crippen molar-refractivity contribution in [1.29, 1.82) is 0 Å². The number of rotatable bonds is 3. The summed E-state index contributed by atoms with van der Waals surface area (Å²) in [4.78, 5) is 33.9. The number of H-pyrrole nitrogens is 2. The number of aromatic amines is 2. The predicted octanol–water partition coefficient (Wildman–Crippen LogP) is 2.05. The van der Waals surface area contributed by atoms with Crippen molar-refractivity contribution in [2.75, 3.05) is 0 Å². The van der Waals surface area contributed by atoms with E-state index in [1.54, 1.807) is 0 Å². The van der Waals surface area contributed by atoms with Crippen molar-refractivity contribution in [1.82, 2.24) is 19.5 Å². The van der Waals surface area contributed by atoms with E-state index < -0.39 is 11.2 Å². The van der Waals surface area contributed by atoms with Crippen molar-refractivity contribution >= 4 is 11.2 Å². The standard InChI is InChI=1S/C18H14N4O2/c23-17-14-16(20-11-19-14)22(18(24)21-17)15(12-7-3-1-4-8-12)13-9-5-2-6-10-13/h1-11,15H,(H,19,20)(H,21,23,24). The number of fused-ring (bicyclic) bond motifs is 1. The van der Waals surface area contributed by atoms with Crippen molar-refractivity contribution < 1.29 is 0 Å². The molecule has 4 rings (SSSR count). The van der Waals surface area contributed by atoms with Crippen molar-refractivity contribution in [3.05, 3.63) is 99.0 Å². The molecule has 0 saturated heterocycles. The van der Waals surface area contributed by atoms with Gasteiger partial charge in [0, 0.05) is 0 Å². The molecule has 0 saturated carbocycles. The van der Waals surface area contributed by atoms with Crippen molar-refractivity contribution in [3.63, 3.8) is 0 Å². The number of hydrogen-bond donors (Lipinski definition) is 2. The van der Waals surface area contributed by atoms with Gasteiger partial charge in [0.2, 0.25) is 0 Å². The third kappa shape index (κ3) is 2.25. The smallest absolute Gasteiger partial charge is 0.330 e. The highest BCUT2D eigenvalue weighted by molar-refractivity contribution is 5.69. The van der Waals surface area contributed by atoms with Gasteiger partial charge in [0.05, 0.1) is 12.4 Å². The highest BCUT2D eigenvalue weighted by atomic mass is 16.2. The van der Waals surface area contributed by atoms with Gasteiger partial charge in [-0.2, -0.15) is 0 Å². The van der Waals surface area contributed by atoms with E-state index in [-0.39, 0.29) is 11.6 Å². The maximum absolute atomic E-state index is 12.6. The molecule has 118 valence electrons. The van der Waals surface area contributed by atoms with Gasteiger partial charge in [0.25, 0.3) is 5.56 Å². The van der Waals surface area contributed by atoms with Crippen molar-refractivity contribution in [2.45, 2.75) is 6.04 Å². The van der Waals surface area contributed by atoms with Crippen LogP contribution >= 0.6 is 0 Å². The Morgan fingerprint density at radius 2 is 1.46 bits per heavy atom. The number of benzene rings is 2. The summed E-state index contributed by atoms with van der Waals surface area (Å²) in [6.07, 6.45) is 1.42. The van der Waals surface area contributed by atoms with Crippen LogP contribution in [0.1, 0.15) is 17.2 Å². The topological polar surface area (TPSA) is 83.5 Å². The second kappa shape index (κ2) is 5.66. The lowest BCUT2D eigenvalue weighted by Crippen LogP contribution is -2.34. The summed E-state index contributed by atoms with van der Waals surface area (Å²) < 4.78 is 1.51. The molecule has 2 aromatic heterocycles. The summed E-state index contributed by atoms with van der Waals surface area (Å²) >= 11 is 0. The van der Waals surface area contributed by atoms with Crippen LogP contribution in [0.5, 0.6) is 0 Å². The monoisotopic (exact) mass is 318 g/mol. The number of nitrogens with one attached hydrogen (secondary N) is 2. The average molecular weight is 318 g/mol. The Labute approximate surface area is 136 Å². The molecule has 0 aliphatic rings. The summed E-state index contributed by atoms with van der Waals surface area (Å²) in [5.41, 5.74) is 1.53. The molecular weight excluding hydrogens is 304 g/mol. The van der Waals surface area contributed by atoms with Gasteiger partial charge in [-0.15, -0.1) is 0 Å². The van der Waals surface area contributed by atoms with Crippen LogP contribution in [0.2, 0.25) is 0 Å². The van der Waals surface area contributed by atoms with Gasteiger partial charge in [-0.25, -0.2) is 9.78 Å². The van der Waals surface area contributed by atoms with Crippen molar-refractivity contribution in [2.24, 2.45) is 0 Å². The van der Waals surface area contributed by atoms with Crippen LogP contribution in [0.3, 0.4) is 0 Å². The first-order valence-electron chi connectivity index (χ1n) is 7.53. The first-order valence-corrected chi connectivity index (χ1v) is 7.53. The van der Waals surface area contributed by atoms with E-state index in [1.165, 1.54) is 10.9 Å². The molecule has 0 aliphatic carbocycles. The third-order valence-corrected chi connectivity index (χ3v) is 4.00. The summed E-state index contributed by atoms with van der Waals surface area (Å²) in [7, 11) is 0. The van der Waals surface area contributed by atoms with Gasteiger partial charge in [0.1, 0.15) is 5.52 Å². The van der Waals surface area contributed by atoms with E-state index in [0.717, 1.165) is 11.1 Å². The Morgan fingerprint density at radius 3 is 2.04 bits per heavy atom. The van der Waals surface area contributed by atoms with Crippen LogP contribution < -0.4 is 11.2 Å². The average Bonchev–Trinajstić information content (AvgIpc) is 3.10. The van der Waals surface area contributed by atoms with E-state index in [9.17, 15) is 9.59 Å². The third-order valence-electron chi connectivity index (χ3n) is 4.00. The van der Waals surface area contributed by atoms with E-state index in [0.29, 0.717) is 5.65 Å². The molecule has 0 aliphatic heterocycles. The molecule has 2 N–H and O–H groups in total. The Kier molecular flexibility index (Phi) is 3.35. The van der Waals surface area contributed by atoms with E-state index in [1.807, 2.05) is 60.7 Å². The molecule has 2 aromatic carbocycles. The van der Waals surface area contributed by atoms with Crippen LogP contribution in [0, 0.1) is 0 Å². The Balaban J connectivity index is 2.08. The van der Waals surface area contributed by atoms with Crippen LogP contribution in [0.15, 0.2) is 76.6 Å². The maximum atomic E-state index is 12.6. The van der Waals surface area contributed by atoms with Crippen LogP contribution in [-0.4, -0.2) is 19.5 Å². The fraction of sp³-hybridized carbons (Fsp3) is 0.0556. The molecule has 6 heteroatoms. The quantitative estimate of drug-likeness (QED) is 0.606. The second-order valence-corrected chi connectivity index (χ2v) is 5.45. The lowest BCUT2D eigenvalue weighted by molar-refractivity contribution is 0.649. The highest BCUT2D eigenvalue weighted by Crippen LogP contribution is 2.26. The Bertz CT molecular complexity index is 1060. The van der Waals surface area contributed by atoms with Gasteiger partial charge in [-0.1, -0.05) is 60.7 Å². The molecule has 0 amide bonds. The van der Waals surface area contributed by atoms with Gasteiger partial charge in [-0.3, -0.25) is 14.3 Å². The SMILES string of the molecule is O=c1[nH]c(=O)n(C(c2ccccc2)c2ccccc2)c2nc[nH]c12. The Hall–Kier alpha value is -3.41. The van der Waals surface area contributed by atoms with E-state index in [2.05, 4.69) is 15.0 Å². The first-order chi connectivity index (χ1) is 11.8. The highest BCUT2D eigenvalue weighted by Gasteiger charge is 2.21. The molecule has 6 nitrogen and oxygen atoms in total. The number of aromatic nitrogens is 4. The fourth-order valence-corrected chi connectivity index (χ4v) is 2.95. The predicted molar refractivity (Wildman–Crippen MR) is 91.1 cm³/mol. The summed E-state index contributed by atoms with van der Waals surface area (Å²) in [6.45, 7) is 0. The molecule has 0 radical (unpaired) electrons. The molecule has 24 heavy (non-hydrogen) atoms. The van der Waals surface area contributed by atoms with Gasteiger partial charge in [-0.05, 0) is 11.1 Å². The lowest BCUT2D eigenvalue weighted by Gasteiger charge is -2.21. The lowest BCUT2D eigenvalue weighted by atomic mass is 9.98. The van der Waals surface area contributed by atoms with Crippen LogP contribution in [0.4, 0.5) is 0 Å². The molecule has 0 fully saturated rings. The molecule has 4 aromatic rings. The zero-order valence-corrected chi connectivity index (χ0v) is 12.6. The normalized spacial score (nSPS) is 11.2. The molecule has 0 unspecified atom stereocenters. The fourth-order valence-electron chi connectivity index (χ4n) is 2.95. The van der Waals surface area contributed by atoms with Gasteiger partial charge in [0.15, 0.2) is 5.65 Å². The molecule has 2 heterocycles. The minimum atomic E-state index is -0.489. The largest absolute Gasteiger partial charge is 0.339 e. The summed E-state index contributed by atoms with van der Waals surface area (Å²) in [6, 6.07) is 18.9. The first kappa shape index (κ1) is 14.2. The zero-order chi connectivity index (χ0) is 16.5. The molecule has 0 spiro atoms. The maximum Gasteiger partial charge on any atom is 0.330 e. The van der Waals surface area contributed by atoms with E-state index >= 15 is 0 Å². The van der Waals surface area contributed by atoms with Gasteiger partial charge >= 0.3 is 5.69 Å². The minimum Gasteiger partial charge on any atom is -0.339 e. The second-order valence-electron chi connectivity index (χ2n) is 5.45. The summed E-state index contributed by atoms with van der Waals surface area (Å²) in [5.74, 6) is 0. The van der Waals surface area contributed by atoms with Crippen LogP contribution in [0.25, 0.3) is 11.2 Å². The minimum absolute atomic E-state index is 0.284. The number of imidazole rings is 1. The zero-order valence-electron chi connectivity index (χ0n) is 12.6. The molecule has 0 atom stereocenters. The van der Waals surface area contributed by atoms with E-state index in [4.69, 9.17) is 0 Å². The molecule has 0 bridgehead atoms. The van der Waals surface area contributed by atoms with Crippen LogP contribution in [-0.2, 0) is 0 Å². The number of hydrogen-bond acceptors (Lipinski definition) is 3. The molecular formula is C18H14N4O2.